The van der Waals surface area contributed by atoms with E-state index in [1.807, 2.05) is 6.92 Å². The summed E-state index contributed by atoms with van der Waals surface area (Å²) in [6.07, 6.45) is 3.43. The van der Waals surface area contributed by atoms with Gasteiger partial charge in [0.05, 0.1) is 5.60 Å². The van der Waals surface area contributed by atoms with Crippen LogP contribution in [0.3, 0.4) is 0 Å². The molecule has 0 aromatic carbocycles. The topological polar surface area (TPSA) is 140 Å². The maximum atomic E-state index is 9.96. The first-order valence-corrected chi connectivity index (χ1v) is 6.08. The van der Waals surface area contributed by atoms with E-state index in [4.69, 9.17) is 5.84 Å². The number of nitrogens with zero attached hydrogens (tertiary/aromatic N) is 6. The molecule has 1 unspecified atom stereocenters. The number of nitrogen functional groups attached to an aromatic ring is 1. The predicted molar refractivity (Wildman–Crippen MR) is 72.0 cm³/mol. The Morgan fingerprint density at radius 3 is 2.70 bits per heavy atom. The molecule has 0 fully saturated rings. The Kier molecular flexibility index (Phi) is 4.05. The fourth-order valence-electron chi connectivity index (χ4n) is 1.32. The van der Waals surface area contributed by atoms with E-state index in [1.54, 1.807) is 6.92 Å². The van der Waals surface area contributed by atoms with Crippen molar-refractivity contribution in [2.45, 2.75) is 25.9 Å². The van der Waals surface area contributed by atoms with E-state index in [0.29, 0.717) is 13.0 Å². The molecular weight excluding hydrogens is 262 g/mol. The van der Waals surface area contributed by atoms with E-state index in [-0.39, 0.29) is 17.8 Å². The van der Waals surface area contributed by atoms with Crippen molar-refractivity contribution in [2.24, 2.45) is 5.84 Å². The molecule has 0 spiro atoms. The van der Waals surface area contributed by atoms with E-state index < -0.39 is 5.60 Å². The third-order valence-corrected chi connectivity index (χ3v) is 2.77. The maximum Gasteiger partial charge on any atom is 0.258 e. The Morgan fingerprint density at radius 1 is 1.35 bits per heavy atom. The monoisotopic (exact) mass is 279 g/mol. The molecule has 0 aliphatic carbocycles. The SMILES string of the molecule is CCC(C)(O)CNc1nc(NN)nc(-n2cncn2)n1. The molecule has 10 heteroatoms. The van der Waals surface area contributed by atoms with Gasteiger partial charge in [-0.15, -0.1) is 0 Å². The second kappa shape index (κ2) is 5.75. The number of nitrogens with two attached hydrogens (primary N) is 1. The number of hydrazine groups is 1. The van der Waals surface area contributed by atoms with E-state index in [9.17, 15) is 5.11 Å². The number of rotatable bonds is 6. The third-order valence-electron chi connectivity index (χ3n) is 2.77. The molecule has 0 radical (unpaired) electrons. The molecule has 0 aliphatic heterocycles. The lowest BCUT2D eigenvalue weighted by molar-refractivity contribution is 0.0695. The van der Waals surface area contributed by atoms with Gasteiger partial charge < -0.3 is 10.4 Å². The lowest BCUT2D eigenvalue weighted by Crippen LogP contribution is -2.33. The molecule has 1 atom stereocenters. The van der Waals surface area contributed by atoms with Crippen molar-refractivity contribution in [1.82, 2.24) is 29.7 Å². The molecule has 2 heterocycles. The Labute approximate surface area is 115 Å². The molecule has 2 aromatic heterocycles. The molecular formula is C10H17N9O. The van der Waals surface area contributed by atoms with Crippen molar-refractivity contribution in [1.29, 1.82) is 0 Å². The summed E-state index contributed by atoms with van der Waals surface area (Å²) >= 11 is 0. The lowest BCUT2D eigenvalue weighted by Gasteiger charge is -2.21. The van der Waals surface area contributed by atoms with Crippen LogP contribution in [0.5, 0.6) is 0 Å². The summed E-state index contributed by atoms with van der Waals surface area (Å²) in [5, 5.41) is 16.8. The van der Waals surface area contributed by atoms with Crippen LogP contribution < -0.4 is 16.6 Å². The van der Waals surface area contributed by atoms with Crippen molar-refractivity contribution in [2.75, 3.05) is 17.3 Å². The van der Waals surface area contributed by atoms with E-state index in [1.165, 1.54) is 17.3 Å². The summed E-state index contributed by atoms with van der Waals surface area (Å²) in [4.78, 5) is 16.1. The molecule has 2 rings (SSSR count). The quantitative estimate of drug-likeness (QED) is 0.399. The van der Waals surface area contributed by atoms with Crippen LogP contribution in [-0.4, -0.2) is 47.0 Å². The van der Waals surface area contributed by atoms with Crippen molar-refractivity contribution in [3.05, 3.63) is 12.7 Å². The Bertz CT molecular complexity index is 554. The normalized spacial score (nSPS) is 13.8. The minimum atomic E-state index is -0.851. The summed E-state index contributed by atoms with van der Waals surface area (Å²) in [7, 11) is 0. The second-order valence-corrected chi connectivity index (χ2v) is 4.47. The van der Waals surface area contributed by atoms with Gasteiger partial charge in [-0.2, -0.15) is 24.7 Å². The molecule has 10 nitrogen and oxygen atoms in total. The number of aromatic nitrogens is 6. The highest BCUT2D eigenvalue weighted by atomic mass is 16.3. The highest BCUT2D eigenvalue weighted by Crippen LogP contribution is 2.11. The Hall–Kier alpha value is -2.33. The number of nitrogens with one attached hydrogen (secondary N) is 2. The molecule has 5 N–H and O–H groups in total. The van der Waals surface area contributed by atoms with Crippen LogP contribution in [0, 0.1) is 0 Å². The largest absolute Gasteiger partial charge is 0.388 e. The highest BCUT2D eigenvalue weighted by molar-refractivity contribution is 5.37. The second-order valence-electron chi connectivity index (χ2n) is 4.47. The summed E-state index contributed by atoms with van der Waals surface area (Å²) < 4.78 is 1.38. The average Bonchev–Trinajstić information content (AvgIpc) is 2.99. The van der Waals surface area contributed by atoms with Gasteiger partial charge in [0.1, 0.15) is 12.7 Å². The molecule has 2 aromatic rings. The molecule has 0 aliphatic rings. The van der Waals surface area contributed by atoms with Gasteiger partial charge >= 0.3 is 0 Å². The van der Waals surface area contributed by atoms with Gasteiger partial charge in [0, 0.05) is 6.54 Å². The van der Waals surface area contributed by atoms with Gasteiger partial charge in [-0.1, -0.05) is 6.92 Å². The van der Waals surface area contributed by atoms with Crippen LogP contribution in [0.15, 0.2) is 12.7 Å². The number of hydrogen-bond acceptors (Lipinski definition) is 9. The van der Waals surface area contributed by atoms with Gasteiger partial charge in [-0.25, -0.2) is 10.8 Å². The highest BCUT2D eigenvalue weighted by Gasteiger charge is 2.18. The van der Waals surface area contributed by atoms with E-state index in [2.05, 4.69) is 35.8 Å². The van der Waals surface area contributed by atoms with Gasteiger partial charge in [-0.3, -0.25) is 5.43 Å². The molecule has 20 heavy (non-hydrogen) atoms. The summed E-state index contributed by atoms with van der Waals surface area (Å²) in [6, 6.07) is 0. The fourth-order valence-corrected chi connectivity index (χ4v) is 1.32. The third kappa shape index (κ3) is 3.36. The number of anilines is 2. The van der Waals surface area contributed by atoms with Crippen LogP contribution in [0.25, 0.3) is 5.95 Å². The van der Waals surface area contributed by atoms with Crippen LogP contribution in [-0.2, 0) is 0 Å². The van der Waals surface area contributed by atoms with Crippen LogP contribution >= 0.6 is 0 Å². The zero-order valence-corrected chi connectivity index (χ0v) is 11.3. The zero-order chi connectivity index (χ0) is 14.6. The van der Waals surface area contributed by atoms with E-state index >= 15 is 0 Å². The van der Waals surface area contributed by atoms with Gasteiger partial charge in [0.2, 0.25) is 11.9 Å². The van der Waals surface area contributed by atoms with Gasteiger partial charge in [-0.05, 0) is 13.3 Å². The first-order chi connectivity index (χ1) is 9.54. The van der Waals surface area contributed by atoms with Gasteiger partial charge in [0.25, 0.3) is 5.95 Å². The predicted octanol–water partition coefficient (Wildman–Crippen LogP) is -0.689. The summed E-state index contributed by atoms with van der Waals surface area (Å²) in [6.45, 7) is 3.92. The summed E-state index contributed by atoms with van der Waals surface area (Å²) in [5.41, 5.74) is 1.50. The molecule has 0 saturated carbocycles. The van der Waals surface area contributed by atoms with E-state index in [0.717, 1.165) is 0 Å². The first-order valence-electron chi connectivity index (χ1n) is 6.08. The number of hydrogen-bond donors (Lipinski definition) is 4. The van der Waals surface area contributed by atoms with Crippen molar-refractivity contribution >= 4 is 11.9 Å². The van der Waals surface area contributed by atoms with Crippen LogP contribution in [0.1, 0.15) is 20.3 Å². The van der Waals surface area contributed by atoms with Crippen molar-refractivity contribution in [3.63, 3.8) is 0 Å². The Balaban J connectivity index is 2.23. The van der Waals surface area contributed by atoms with Crippen molar-refractivity contribution < 1.29 is 5.11 Å². The number of aliphatic hydroxyl groups is 1. The molecule has 0 amide bonds. The average molecular weight is 279 g/mol. The summed E-state index contributed by atoms with van der Waals surface area (Å²) in [5.74, 6) is 6.06. The van der Waals surface area contributed by atoms with Crippen LogP contribution in [0.4, 0.5) is 11.9 Å². The maximum absolute atomic E-state index is 9.96. The zero-order valence-electron chi connectivity index (χ0n) is 11.3. The minimum Gasteiger partial charge on any atom is -0.388 e. The lowest BCUT2D eigenvalue weighted by atomic mass is 10.0. The molecule has 0 bridgehead atoms. The Morgan fingerprint density at radius 2 is 2.10 bits per heavy atom. The van der Waals surface area contributed by atoms with Gasteiger partial charge in [0.15, 0.2) is 0 Å². The van der Waals surface area contributed by atoms with Crippen molar-refractivity contribution in [3.8, 4) is 5.95 Å². The standard InChI is InChI=1S/C10H17N9O/c1-3-10(2,20)4-13-7-15-8(18-11)17-9(16-7)19-6-12-5-14-19/h5-6,20H,3-4,11H2,1-2H3,(H2,13,15,16,17,18). The minimum absolute atomic E-state index is 0.184. The molecule has 0 saturated heterocycles. The fraction of sp³-hybridized carbons (Fsp3) is 0.500. The first kappa shape index (κ1) is 14.1. The van der Waals surface area contributed by atoms with Crippen LogP contribution in [0.2, 0.25) is 0 Å². The smallest absolute Gasteiger partial charge is 0.258 e. The molecule has 108 valence electrons.